The van der Waals surface area contributed by atoms with Crippen LogP contribution >= 0.6 is 0 Å². The fourth-order valence-electron chi connectivity index (χ4n) is 5.97. The molecular formula is C34H41N3O3. The molecule has 3 heterocycles. The molecule has 210 valence electrons. The van der Waals surface area contributed by atoms with Gasteiger partial charge in [-0.15, -0.1) is 0 Å². The largest absolute Gasteiger partial charge is 0.493 e. The smallest absolute Gasteiger partial charge is 0.272 e. The van der Waals surface area contributed by atoms with Gasteiger partial charge in [-0.3, -0.25) is 9.78 Å². The lowest BCUT2D eigenvalue weighted by Gasteiger charge is -2.39. The number of hydrogen-bond acceptors (Lipinski definition) is 5. The van der Waals surface area contributed by atoms with E-state index in [2.05, 4.69) is 46.3 Å². The van der Waals surface area contributed by atoms with Crippen LogP contribution in [0.5, 0.6) is 11.5 Å². The molecular weight excluding hydrogens is 498 g/mol. The zero-order valence-corrected chi connectivity index (χ0v) is 23.7. The van der Waals surface area contributed by atoms with Gasteiger partial charge in [0.2, 0.25) is 0 Å². The van der Waals surface area contributed by atoms with Crippen molar-refractivity contribution in [1.29, 1.82) is 0 Å². The highest BCUT2D eigenvalue weighted by Crippen LogP contribution is 2.40. The maximum Gasteiger partial charge on any atom is 0.272 e. The number of ether oxygens (including phenoxy) is 2. The van der Waals surface area contributed by atoms with Crippen LogP contribution in [0.3, 0.4) is 0 Å². The fraction of sp³-hybridized carbons (Fsp3) is 0.471. The van der Waals surface area contributed by atoms with Crippen molar-refractivity contribution in [2.75, 3.05) is 39.8 Å². The van der Waals surface area contributed by atoms with Crippen LogP contribution in [-0.2, 0) is 13.0 Å². The fourth-order valence-corrected chi connectivity index (χ4v) is 5.97. The number of pyridine rings is 1. The normalized spacial score (nSPS) is 17.9. The number of hydrogen-bond donors (Lipinski definition) is 0. The Labute approximate surface area is 238 Å². The van der Waals surface area contributed by atoms with Crippen molar-refractivity contribution in [2.45, 2.75) is 63.4 Å². The van der Waals surface area contributed by atoms with Crippen LogP contribution in [-0.4, -0.2) is 60.5 Å². The minimum absolute atomic E-state index is 0.0220. The van der Waals surface area contributed by atoms with Gasteiger partial charge in [0.15, 0.2) is 11.5 Å². The Balaban J connectivity index is 0.995. The van der Waals surface area contributed by atoms with Crippen LogP contribution in [0.4, 0.5) is 0 Å². The first kappa shape index (κ1) is 26.8. The lowest BCUT2D eigenvalue weighted by Crippen LogP contribution is -2.48. The first-order valence-corrected chi connectivity index (χ1v) is 15.0. The number of methoxy groups -OCH3 is 1. The molecule has 1 aromatic heterocycles. The number of carbonyl (C=O) groups excluding carboxylic acids is 1. The lowest BCUT2D eigenvalue weighted by molar-refractivity contribution is 0.0596. The van der Waals surface area contributed by atoms with Crippen molar-refractivity contribution in [3.63, 3.8) is 0 Å². The van der Waals surface area contributed by atoms with Crippen molar-refractivity contribution in [3.05, 3.63) is 88.7 Å². The van der Waals surface area contributed by atoms with Gasteiger partial charge in [-0.1, -0.05) is 36.8 Å². The molecule has 0 radical (unpaired) electrons. The summed E-state index contributed by atoms with van der Waals surface area (Å²) < 4.78 is 11.8. The molecule has 6 heteroatoms. The summed E-state index contributed by atoms with van der Waals surface area (Å²) in [4.78, 5) is 22.0. The molecule has 6 rings (SSSR count). The predicted octanol–water partition coefficient (Wildman–Crippen LogP) is 6.20. The van der Waals surface area contributed by atoms with Crippen LogP contribution < -0.4 is 9.47 Å². The Bertz CT molecular complexity index is 1290. The molecule has 3 aliphatic rings. The highest BCUT2D eigenvalue weighted by Gasteiger charge is 2.33. The summed E-state index contributed by atoms with van der Waals surface area (Å²) in [7, 11) is 1.68. The minimum Gasteiger partial charge on any atom is -0.493 e. The highest BCUT2D eigenvalue weighted by molar-refractivity contribution is 5.93. The van der Waals surface area contributed by atoms with E-state index in [1.165, 1.54) is 61.9 Å². The number of benzene rings is 2. The summed E-state index contributed by atoms with van der Waals surface area (Å²) in [5, 5.41) is 0. The van der Waals surface area contributed by atoms with Crippen molar-refractivity contribution < 1.29 is 14.3 Å². The Morgan fingerprint density at radius 1 is 0.875 bits per heavy atom. The SMILES string of the molecule is COc1cc(C2CN(C(=O)c3cc(CCCN4CCCCC4)ccn3)C2)ccc1OCc1ccc(C2CC2)cc1. The first-order chi connectivity index (χ1) is 19.7. The molecule has 6 nitrogen and oxygen atoms in total. The van der Waals surface area contributed by atoms with E-state index in [0.29, 0.717) is 25.4 Å². The Morgan fingerprint density at radius 2 is 1.65 bits per heavy atom. The summed E-state index contributed by atoms with van der Waals surface area (Å²) in [5.41, 5.74) is 5.52. The van der Waals surface area contributed by atoms with Gasteiger partial charge in [-0.05, 0) is 111 Å². The van der Waals surface area contributed by atoms with Gasteiger partial charge in [0.1, 0.15) is 12.3 Å². The number of likely N-dealkylation sites (tertiary alicyclic amines) is 2. The van der Waals surface area contributed by atoms with Crippen molar-refractivity contribution in [2.24, 2.45) is 0 Å². The number of piperidine rings is 1. The number of carbonyl (C=O) groups is 1. The van der Waals surface area contributed by atoms with E-state index in [9.17, 15) is 4.79 Å². The maximum absolute atomic E-state index is 13.1. The monoisotopic (exact) mass is 539 g/mol. The third-order valence-corrected chi connectivity index (χ3v) is 8.68. The molecule has 0 atom stereocenters. The quantitative estimate of drug-likeness (QED) is 0.290. The Hall–Kier alpha value is -3.38. The predicted molar refractivity (Wildman–Crippen MR) is 157 cm³/mol. The van der Waals surface area contributed by atoms with Gasteiger partial charge >= 0.3 is 0 Å². The van der Waals surface area contributed by atoms with E-state index in [1.807, 2.05) is 23.1 Å². The van der Waals surface area contributed by atoms with E-state index in [4.69, 9.17) is 9.47 Å². The zero-order chi connectivity index (χ0) is 27.3. The van der Waals surface area contributed by atoms with Gasteiger partial charge in [-0.25, -0.2) is 0 Å². The second-order valence-electron chi connectivity index (χ2n) is 11.7. The molecule has 2 aliphatic heterocycles. The average Bonchev–Trinajstić information content (AvgIpc) is 3.82. The van der Waals surface area contributed by atoms with E-state index in [0.717, 1.165) is 42.4 Å². The Morgan fingerprint density at radius 3 is 2.40 bits per heavy atom. The summed E-state index contributed by atoms with van der Waals surface area (Å²) in [6, 6.07) is 19.0. The number of aromatic nitrogens is 1. The third kappa shape index (κ3) is 6.49. The molecule has 0 bridgehead atoms. The molecule has 0 unspecified atom stereocenters. The summed E-state index contributed by atoms with van der Waals surface area (Å²) in [6.45, 7) is 5.49. The minimum atomic E-state index is 0.0220. The van der Waals surface area contributed by atoms with Gasteiger partial charge in [0, 0.05) is 25.2 Å². The van der Waals surface area contributed by atoms with Crippen LogP contribution in [0.25, 0.3) is 0 Å². The van der Waals surface area contributed by atoms with Gasteiger partial charge < -0.3 is 19.3 Å². The number of nitrogens with zero attached hydrogens (tertiary/aromatic N) is 3. The second-order valence-corrected chi connectivity index (χ2v) is 11.7. The van der Waals surface area contributed by atoms with E-state index in [1.54, 1.807) is 13.3 Å². The molecule has 3 aromatic rings. The molecule has 1 amide bonds. The molecule has 0 N–H and O–H groups in total. The van der Waals surface area contributed by atoms with Crippen LogP contribution in [0.15, 0.2) is 60.8 Å². The van der Waals surface area contributed by atoms with Crippen LogP contribution in [0.1, 0.15) is 83.1 Å². The molecule has 3 fully saturated rings. The van der Waals surface area contributed by atoms with Crippen LogP contribution in [0, 0.1) is 0 Å². The van der Waals surface area contributed by atoms with Crippen LogP contribution in [0.2, 0.25) is 0 Å². The molecule has 2 saturated heterocycles. The summed E-state index contributed by atoms with van der Waals surface area (Å²) in [5.74, 6) is 2.55. The second kappa shape index (κ2) is 12.4. The Kier molecular flexibility index (Phi) is 8.33. The molecule has 1 aliphatic carbocycles. The zero-order valence-electron chi connectivity index (χ0n) is 23.7. The number of amides is 1. The summed E-state index contributed by atoms with van der Waals surface area (Å²) >= 11 is 0. The summed E-state index contributed by atoms with van der Waals surface area (Å²) in [6.07, 6.45) is 10.5. The molecule has 2 aromatic carbocycles. The van der Waals surface area contributed by atoms with Gasteiger partial charge in [0.05, 0.1) is 7.11 Å². The first-order valence-electron chi connectivity index (χ1n) is 15.0. The van der Waals surface area contributed by atoms with Crippen molar-refractivity contribution >= 4 is 5.91 Å². The molecule has 1 saturated carbocycles. The molecule has 0 spiro atoms. The van der Waals surface area contributed by atoms with E-state index in [-0.39, 0.29) is 11.8 Å². The maximum atomic E-state index is 13.1. The number of rotatable bonds is 11. The number of aryl methyl sites for hydroxylation is 1. The standard InChI is InChI=1S/C34H41N3O3/c1-39-33-21-29(13-14-32(33)40-24-26-7-9-27(10-8-26)28-11-12-28)30-22-37(23-30)34(38)31-20-25(15-16-35-31)6-5-19-36-17-3-2-4-18-36/h7-10,13-16,20-21,28,30H,2-6,11-12,17-19,22-24H2,1H3. The van der Waals surface area contributed by atoms with E-state index >= 15 is 0 Å². The van der Waals surface area contributed by atoms with Gasteiger partial charge in [0.25, 0.3) is 5.91 Å². The van der Waals surface area contributed by atoms with Crippen molar-refractivity contribution in [1.82, 2.24) is 14.8 Å². The lowest BCUT2D eigenvalue weighted by atomic mass is 9.90. The highest BCUT2D eigenvalue weighted by atomic mass is 16.5. The topological polar surface area (TPSA) is 54.9 Å². The van der Waals surface area contributed by atoms with Gasteiger partial charge in [-0.2, -0.15) is 0 Å². The third-order valence-electron chi connectivity index (χ3n) is 8.68. The van der Waals surface area contributed by atoms with E-state index < -0.39 is 0 Å². The average molecular weight is 540 g/mol. The molecule has 40 heavy (non-hydrogen) atoms. The van der Waals surface area contributed by atoms with Crippen molar-refractivity contribution in [3.8, 4) is 11.5 Å².